The minimum absolute atomic E-state index is 0.00116. The molecule has 0 bridgehead atoms. The fourth-order valence-corrected chi connectivity index (χ4v) is 1.18. The Hall–Kier alpha value is -0.410. The average Bonchev–Trinajstić information content (AvgIpc) is 2.04. The van der Waals surface area contributed by atoms with Crippen LogP contribution in [0.15, 0.2) is 0 Å². The number of aldehydes is 1. The lowest BCUT2D eigenvalue weighted by Crippen LogP contribution is -2.46. The third-order valence-corrected chi connectivity index (χ3v) is 1.84. The second kappa shape index (κ2) is 3.68. The Bertz CT molecular complexity index is 116. The Labute approximate surface area is 61.0 Å². The summed E-state index contributed by atoms with van der Waals surface area (Å²) in [7, 11) is 0. The summed E-state index contributed by atoms with van der Waals surface area (Å²) >= 11 is 0. The zero-order valence-electron chi connectivity index (χ0n) is 6.25. The van der Waals surface area contributed by atoms with Gasteiger partial charge in [-0.2, -0.15) is 0 Å². The molecule has 0 aromatic heterocycles. The maximum absolute atomic E-state index is 10.4. The van der Waals surface area contributed by atoms with Crippen molar-refractivity contribution in [2.75, 3.05) is 26.3 Å². The van der Waals surface area contributed by atoms with E-state index < -0.39 is 0 Å². The Balaban J connectivity index is 2.41. The van der Waals surface area contributed by atoms with Crippen molar-refractivity contribution in [3.8, 4) is 0 Å². The normalized spacial score (nSPS) is 28.3. The van der Waals surface area contributed by atoms with Crippen molar-refractivity contribution < 1.29 is 9.53 Å². The zero-order chi connectivity index (χ0) is 7.40. The predicted octanol–water partition coefficient (Wildman–Crippen LogP) is -0.0940. The lowest BCUT2D eigenvalue weighted by atomic mass is 10.2. The summed E-state index contributed by atoms with van der Waals surface area (Å²) in [6.45, 7) is 5.21. The van der Waals surface area contributed by atoms with Gasteiger partial charge in [-0.25, -0.2) is 0 Å². The Morgan fingerprint density at radius 1 is 1.80 bits per heavy atom. The number of ether oxygens (including phenoxy) is 1. The summed E-state index contributed by atoms with van der Waals surface area (Å²) in [5, 5.41) is 0. The van der Waals surface area contributed by atoms with Gasteiger partial charge in [0.2, 0.25) is 0 Å². The van der Waals surface area contributed by atoms with E-state index in [0.717, 1.165) is 26.0 Å². The van der Waals surface area contributed by atoms with Crippen LogP contribution in [0.1, 0.15) is 6.92 Å². The number of nitrogens with zero attached hydrogens (tertiary/aromatic N) is 1. The van der Waals surface area contributed by atoms with Crippen molar-refractivity contribution in [1.82, 2.24) is 4.90 Å². The number of hydrogen-bond acceptors (Lipinski definition) is 3. The molecule has 0 saturated carbocycles. The first-order chi connectivity index (χ1) is 4.88. The minimum Gasteiger partial charge on any atom is -0.378 e. The number of morpholine rings is 1. The van der Waals surface area contributed by atoms with E-state index in [2.05, 4.69) is 11.8 Å². The monoisotopic (exact) mass is 143 g/mol. The third kappa shape index (κ3) is 1.55. The van der Waals surface area contributed by atoms with Crippen LogP contribution in [0, 0.1) is 0 Å². The van der Waals surface area contributed by atoms with Crippen LogP contribution >= 0.6 is 0 Å². The highest BCUT2D eigenvalue weighted by Crippen LogP contribution is 2.02. The van der Waals surface area contributed by atoms with Crippen LogP contribution in [0.4, 0.5) is 0 Å². The largest absolute Gasteiger partial charge is 0.378 e. The molecule has 0 N–H and O–H groups in total. The van der Waals surface area contributed by atoms with E-state index in [-0.39, 0.29) is 6.04 Å². The quantitative estimate of drug-likeness (QED) is 0.506. The van der Waals surface area contributed by atoms with E-state index in [0.29, 0.717) is 6.61 Å². The van der Waals surface area contributed by atoms with Gasteiger partial charge in [0.05, 0.1) is 19.3 Å². The topological polar surface area (TPSA) is 29.5 Å². The molecule has 1 fully saturated rings. The van der Waals surface area contributed by atoms with Crippen molar-refractivity contribution >= 4 is 6.29 Å². The van der Waals surface area contributed by atoms with Crippen LogP contribution in [0.2, 0.25) is 0 Å². The van der Waals surface area contributed by atoms with E-state index in [4.69, 9.17) is 4.74 Å². The van der Waals surface area contributed by atoms with Gasteiger partial charge in [0.25, 0.3) is 0 Å². The fourth-order valence-electron chi connectivity index (χ4n) is 1.18. The molecule has 1 unspecified atom stereocenters. The zero-order valence-corrected chi connectivity index (χ0v) is 6.25. The highest BCUT2D eigenvalue weighted by atomic mass is 16.5. The highest BCUT2D eigenvalue weighted by Gasteiger charge is 2.19. The van der Waals surface area contributed by atoms with E-state index in [1.54, 1.807) is 0 Å². The van der Waals surface area contributed by atoms with E-state index >= 15 is 0 Å². The number of rotatable bonds is 2. The summed E-state index contributed by atoms with van der Waals surface area (Å²) in [4.78, 5) is 12.5. The summed E-state index contributed by atoms with van der Waals surface area (Å²) in [6, 6.07) is -0.00116. The SMILES string of the molecule is CCN1CCOCC1C=O. The van der Waals surface area contributed by atoms with Crippen LogP contribution in [0.5, 0.6) is 0 Å². The van der Waals surface area contributed by atoms with Crippen molar-refractivity contribution in [2.45, 2.75) is 13.0 Å². The molecule has 1 heterocycles. The van der Waals surface area contributed by atoms with Gasteiger partial charge in [-0.15, -0.1) is 0 Å². The van der Waals surface area contributed by atoms with E-state index in [9.17, 15) is 4.79 Å². The molecule has 1 rings (SSSR count). The van der Waals surface area contributed by atoms with Gasteiger partial charge < -0.3 is 9.53 Å². The summed E-state index contributed by atoms with van der Waals surface area (Å²) in [6.07, 6.45) is 0.961. The van der Waals surface area contributed by atoms with Crippen molar-refractivity contribution in [2.24, 2.45) is 0 Å². The van der Waals surface area contributed by atoms with Gasteiger partial charge in [0.15, 0.2) is 0 Å². The molecule has 3 nitrogen and oxygen atoms in total. The molecule has 0 aromatic carbocycles. The Morgan fingerprint density at radius 3 is 3.10 bits per heavy atom. The molecule has 0 aliphatic carbocycles. The second-order valence-electron chi connectivity index (χ2n) is 2.41. The lowest BCUT2D eigenvalue weighted by molar-refractivity contribution is -0.117. The van der Waals surface area contributed by atoms with Crippen molar-refractivity contribution in [3.63, 3.8) is 0 Å². The minimum atomic E-state index is -0.00116. The molecule has 1 saturated heterocycles. The molecule has 1 aliphatic heterocycles. The average molecular weight is 143 g/mol. The van der Waals surface area contributed by atoms with Crippen LogP contribution in [0.3, 0.4) is 0 Å². The first-order valence-corrected chi connectivity index (χ1v) is 3.65. The highest BCUT2D eigenvalue weighted by molar-refractivity contribution is 5.57. The number of likely N-dealkylation sites (N-methyl/N-ethyl adjacent to an activating group) is 1. The van der Waals surface area contributed by atoms with Gasteiger partial charge in [0.1, 0.15) is 6.29 Å². The Kier molecular flexibility index (Phi) is 2.83. The number of carbonyl (C=O) groups is 1. The lowest BCUT2D eigenvalue weighted by Gasteiger charge is -2.30. The maximum atomic E-state index is 10.4. The van der Waals surface area contributed by atoms with Crippen LogP contribution in [-0.4, -0.2) is 43.5 Å². The summed E-state index contributed by atoms with van der Waals surface area (Å²) in [5.41, 5.74) is 0. The van der Waals surface area contributed by atoms with Gasteiger partial charge in [-0.3, -0.25) is 4.90 Å². The first-order valence-electron chi connectivity index (χ1n) is 3.65. The van der Waals surface area contributed by atoms with Crippen LogP contribution in [0.25, 0.3) is 0 Å². The molecule has 0 aromatic rings. The smallest absolute Gasteiger partial charge is 0.139 e. The molecule has 3 heteroatoms. The molecule has 1 aliphatic rings. The summed E-state index contributed by atoms with van der Waals surface area (Å²) < 4.78 is 5.13. The molecular weight excluding hydrogens is 130 g/mol. The molecule has 58 valence electrons. The van der Waals surface area contributed by atoms with E-state index in [1.165, 1.54) is 0 Å². The third-order valence-electron chi connectivity index (χ3n) is 1.84. The number of carbonyl (C=O) groups excluding carboxylic acids is 1. The standard InChI is InChI=1S/C7H13NO2/c1-2-8-3-4-10-6-7(8)5-9/h5,7H,2-4,6H2,1H3. The molecule has 1 atom stereocenters. The Morgan fingerprint density at radius 2 is 2.60 bits per heavy atom. The molecule has 0 radical (unpaired) electrons. The van der Waals surface area contributed by atoms with Gasteiger partial charge in [0, 0.05) is 6.54 Å². The van der Waals surface area contributed by atoms with Gasteiger partial charge >= 0.3 is 0 Å². The van der Waals surface area contributed by atoms with Crippen LogP contribution in [-0.2, 0) is 9.53 Å². The summed E-state index contributed by atoms with van der Waals surface area (Å²) in [5.74, 6) is 0. The first kappa shape index (κ1) is 7.69. The van der Waals surface area contributed by atoms with Crippen molar-refractivity contribution in [1.29, 1.82) is 0 Å². The van der Waals surface area contributed by atoms with E-state index in [1.807, 2.05) is 0 Å². The van der Waals surface area contributed by atoms with Gasteiger partial charge in [-0.05, 0) is 6.54 Å². The van der Waals surface area contributed by atoms with Crippen LogP contribution < -0.4 is 0 Å². The second-order valence-corrected chi connectivity index (χ2v) is 2.41. The fraction of sp³-hybridized carbons (Fsp3) is 0.857. The molecule has 0 amide bonds. The number of hydrogen-bond donors (Lipinski definition) is 0. The van der Waals surface area contributed by atoms with Gasteiger partial charge in [-0.1, -0.05) is 6.92 Å². The molecule has 10 heavy (non-hydrogen) atoms. The molecular formula is C7H13NO2. The predicted molar refractivity (Wildman–Crippen MR) is 37.9 cm³/mol. The molecule has 0 spiro atoms. The van der Waals surface area contributed by atoms with Crippen molar-refractivity contribution in [3.05, 3.63) is 0 Å². The maximum Gasteiger partial charge on any atom is 0.139 e.